The van der Waals surface area contributed by atoms with E-state index in [2.05, 4.69) is 4.72 Å². The van der Waals surface area contributed by atoms with Gasteiger partial charge in [-0.2, -0.15) is 0 Å². The van der Waals surface area contributed by atoms with E-state index in [9.17, 15) is 9.66 Å². The number of benzene rings is 3. The maximum Gasteiger partial charge on any atom is 0.185 e. The minimum Gasteiger partial charge on any atom is -0.588 e. The lowest BCUT2D eigenvalue weighted by Gasteiger charge is -2.17. The number of nitrogens with one attached hydrogen (secondary N) is 1. The molecule has 0 spiro atoms. The van der Waals surface area contributed by atoms with Gasteiger partial charge in [-0.25, -0.2) is 4.72 Å². The number of aryl methyl sites for hydroxylation is 3. The fraction of sp³-hybridized carbons (Fsp3) is 0.158. The van der Waals surface area contributed by atoms with Gasteiger partial charge in [0.25, 0.3) is 0 Å². The predicted molar refractivity (Wildman–Crippen MR) is 96.3 cm³/mol. The molecule has 0 saturated carbocycles. The molecule has 3 aromatic carbocycles. The average Bonchev–Trinajstić information content (AvgIpc) is 2.49. The normalized spacial score (nSPS) is 12.3. The molecule has 4 heteroatoms. The number of hydrogen-bond donors (Lipinski definition) is 2. The highest BCUT2D eigenvalue weighted by molar-refractivity contribution is 7.92. The van der Waals surface area contributed by atoms with E-state index in [1.54, 1.807) is 12.1 Å². The Balaban J connectivity index is 2.02. The van der Waals surface area contributed by atoms with Crippen molar-refractivity contribution in [2.75, 3.05) is 4.72 Å². The summed E-state index contributed by atoms with van der Waals surface area (Å²) >= 11 is -1.36. The predicted octanol–water partition coefficient (Wildman–Crippen LogP) is 4.61. The minimum absolute atomic E-state index is 0.222. The quantitative estimate of drug-likeness (QED) is 0.546. The standard InChI is InChI=1S/C19H19NO2S/c1-12-10-13(2)19(14(3)11-12)23(22)20-17-8-9-18(21)16-7-5-4-6-15(16)17/h4-11,20-21H,1-3H3. The van der Waals surface area contributed by atoms with Gasteiger partial charge in [-0.05, 0) is 32.9 Å². The van der Waals surface area contributed by atoms with Crippen molar-refractivity contribution in [2.45, 2.75) is 25.7 Å². The van der Waals surface area contributed by atoms with Gasteiger partial charge in [0.1, 0.15) is 17.1 Å². The largest absolute Gasteiger partial charge is 0.588 e. The summed E-state index contributed by atoms with van der Waals surface area (Å²) in [5.41, 5.74) is 3.93. The van der Waals surface area contributed by atoms with E-state index in [-0.39, 0.29) is 5.75 Å². The van der Waals surface area contributed by atoms with Crippen LogP contribution in [0.1, 0.15) is 16.7 Å². The van der Waals surface area contributed by atoms with Gasteiger partial charge < -0.3 is 9.66 Å². The first-order valence-corrected chi connectivity index (χ1v) is 8.59. The zero-order valence-electron chi connectivity index (χ0n) is 13.4. The van der Waals surface area contributed by atoms with E-state index < -0.39 is 11.4 Å². The molecule has 2 N–H and O–H groups in total. The SMILES string of the molecule is Cc1cc(C)c([S+]([O-])Nc2ccc(O)c3ccccc23)c(C)c1. The molecule has 0 amide bonds. The Kier molecular flexibility index (Phi) is 4.20. The Labute approximate surface area is 139 Å². The number of phenols is 1. The monoisotopic (exact) mass is 325 g/mol. The first-order chi connectivity index (χ1) is 11.0. The van der Waals surface area contributed by atoms with Crippen molar-refractivity contribution in [3.63, 3.8) is 0 Å². The summed E-state index contributed by atoms with van der Waals surface area (Å²) in [6, 6.07) is 15.0. The number of hydrogen-bond acceptors (Lipinski definition) is 3. The second kappa shape index (κ2) is 6.14. The number of phenolic OH excluding ortho intramolecular Hbond substituents is 1. The number of anilines is 1. The highest BCUT2D eigenvalue weighted by Gasteiger charge is 2.19. The number of aromatic hydroxyl groups is 1. The Morgan fingerprint density at radius 3 is 2.17 bits per heavy atom. The molecule has 3 aromatic rings. The van der Waals surface area contributed by atoms with Gasteiger partial charge in [0, 0.05) is 21.9 Å². The van der Waals surface area contributed by atoms with Crippen LogP contribution in [0.3, 0.4) is 0 Å². The van der Waals surface area contributed by atoms with Gasteiger partial charge in [0.15, 0.2) is 4.90 Å². The summed E-state index contributed by atoms with van der Waals surface area (Å²) in [7, 11) is 0. The zero-order chi connectivity index (χ0) is 16.6. The van der Waals surface area contributed by atoms with Gasteiger partial charge in [-0.1, -0.05) is 42.0 Å². The average molecular weight is 325 g/mol. The van der Waals surface area contributed by atoms with E-state index in [4.69, 9.17) is 0 Å². The van der Waals surface area contributed by atoms with Crippen molar-refractivity contribution < 1.29 is 9.66 Å². The fourth-order valence-electron chi connectivity index (χ4n) is 2.98. The zero-order valence-corrected chi connectivity index (χ0v) is 14.2. The molecule has 0 saturated heterocycles. The van der Waals surface area contributed by atoms with Crippen LogP contribution in [-0.2, 0) is 11.4 Å². The molecule has 0 heterocycles. The highest BCUT2D eigenvalue weighted by Crippen LogP contribution is 2.32. The molecule has 118 valence electrons. The minimum atomic E-state index is -1.36. The number of rotatable bonds is 3. The summed E-state index contributed by atoms with van der Waals surface area (Å²) in [6.07, 6.45) is 0. The van der Waals surface area contributed by atoms with Crippen LogP contribution < -0.4 is 4.72 Å². The van der Waals surface area contributed by atoms with Crippen molar-refractivity contribution >= 4 is 27.8 Å². The van der Waals surface area contributed by atoms with Crippen LogP contribution in [0.4, 0.5) is 5.69 Å². The van der Waals surface area contributed by atoms with Crippen LogP contribution in [0.5, 0.6) is 5.75 Å². The Morgan fingerprint density at radius 2 is 1.52 bits per heavy atom. The molecular weight excluding hydrogens is 306 g/mol. The number of fused-ring (bicyclic) bond motifs is 1. The van der Waals surface area contributed by atoms with E-state index >= 15 is 0 Å². The second-order valence-corrected chi connectivity index (χ2v) is 6.93. The van der Waals surface area contributed by atoms with E-state index in [1.807, 2.05) is 57.2 Å². The van der Waals surface area contributed by atoms with Crippen molar-refractivity contribution in [1.82, 2.24) is 0 Å². The fourth-order valence-corrected chi connectivity index (χ4v) is 4.16. The van der Waals surface area contributed by atoms with Crippen molar-refractivity contribution in [3.05, 3.63) is 65.2 Å². The third kappa shape index (κ3) is 3.00. The molecule has 23 heavy (non-hydrogen) atoms. The van der Waals surface area contributed by atoms with Crippen LogP contribution in [0.25, 0.3) is 10.8 Å². The van der Waals surface area contributed by atoms with Gasteiger partial charge in [0.05, 0.1) is 5.69 Å². The molecule has 0 fully saturated rings. The van der Waals surface area contributed by atoms with Crippen LogP contribution in [0.15, 0.2) is 53.4 Å². The summed E-state index contributed by atoms with van der Waals surface area (Å²) < 4.78 is 15.9. The van der Waals surface area contributed by atoms with Crippen molar-refractivity contribution in [3.8, 4) is 5.75 Å². The van der Waals surface area contributed by atoms with Gasteiger partial charge in [-0.3, -0.25) is 0 Å². The molecule has 3 nitrogen and oxygen atoms in total. The third-order valence-electron chi connectivity index (χ3n) is 3.89. The highest BCUT2D eigenvalue weighted by atomic mass is 32.2. The Morgan fingerprint density at radius 1 is 0.913 bits per heavy atom. The molecule has 0 aliphatic rings. The molecule has 1 atom stereocenters. The van der Waals surface area contributed by atoms with E-state index in [1.165, 1.54) is 0 Å². The van der Waals surface area contributed by atoms with Crippen LogP contribution in [0.2, 0.25) is 0 Å². The topological polar surface area (TPSA) is 55.3 Å². The van der Waals surface area contributed by atoms with Gasteiger partial charge in [-0.15, -0.1) is 0 Å². The Bertz CT molecular complexity index is 853. The third-order valence-corrected chi connectivity index (χ3v) is 5.31. The summed E-state index contributed by atoms with van der Waals surface area (Å²) in [5.74, 6) is 0.222. The molecule has 0 radical (unpaired) electrons. The smallest absolute Gasteiger partial charge is 0.185 e. The molecular formula is C19H19NO2S. The van der Waals surface area contributed by atoms with Crippen LogP contribution >= 0.6 is 0 Å². The van der Waals surface area contributed by atoms with Crippen LogP contribution in [-0.4, -0.2) is 9.66 Å². The molecule has 1 unspecified atom stereocenters. The van der Waals surface area contributed by atoms with E-state index in [0.717, 1.165) is 38.0 Å². The lowest BCUT2D eigenvalue weighted by molar-refractivity contribution is 0.481. The summed E-state index contributed by atoms with van der Waals surface area (Å²) in [6.45, 7) is 5.99. The first kappa shape index (κ1) is 15.7. The Hall–Kier alpha value is -2.17. The molecule has 0 bridgehead atoms. The first-order valence-electron chi connectivity index (χ1n) is 7.44. The maximum absolute atomic E-state index is 12.8. The molecule has 3 rings (SSSR count). The van der Waals surface area contributed by atoms with Crippen LogP contribution in [0, 0.1) is 20.8 Å². The molecule has 0 aliphatic heterocycles. The van der Waals surface area contributed by atoms with E-state index in [0.29, 0.717) is 0 Å². The lowest BCUT2D eigenvalue weighted by Crippen LogP contribution is -2.16. The summed E-state index contributed by atoms with van der Waals surface area (Å²) in [4.78, 5) is 0.813. The maximum atomic E-state index is 12.8. The van der Waals surface area contributed by atoms with Crippen molar-refractivity contribution in [2.24, 2.45) is 0 Å². The van der Waals surface area contributed by atoms with Gasteiger partial charge in [0.2, 0.25) is 0 Å². The van der Waals surface area contributed by atoms with Crippen molar-refractivity contribution in [1.29, 1.82) is 0 Å². The molecule has 0 aliphatic carbocycles. The van der Waals surface area contributed by atoms with Gasteiger partial charge >= 0.3 is 0 Å². The lowest BCUT2D eigenvalue weighted by atomic mass is 10.1. The second-order valence-electron chi connectivity index (χ2n) is 5.78. The summed E-state index contributed by atoms with van der Waals surface area (Å²) in [5, 5.41) is 11.6. The molecule has 0 aromatic heterocycles.